The molecule has 2 heterocycles. The first-order chi connectivity index (χ1) is 11.7. The van der Waals surface area contributed by atoms with Crippen molar-refractivity contribution >= 4 is 5.91 Å². The molecule has 1 saturated heterocycles. The van der Waals surface area contributed by atoms with Crippen LogP contribution in [0.15, 0.2) is 42.9 Å². The molecule has 1 aliphatic carbocycles. The van der Waals surface area contributed by atoms with E-state index in [1.807, 2.05) is 35.2 Å². The third-order valence-corrected chi connectivity index (χ3v) is 5.74. The summed E-state index contributed by atoms with van der Waals surface area (Å²) < 4.78 is 0. The fourth-order valence-corrected chi connectivity index (χ4v) is 4.55. The molecular formula is C19H23N3O2. The lowest BCUT2D eigenvalue weighted by Gasteiger charge is -2.52. The number of piperidine rings is 1. The summed E-state index contributed by atoms with van der Waals surface area (Å²) in [6, 6.07) is 10.0. The van der Waals surface area contributed by atoms with Crippen LogP contribution in [0.5, 0.6) is 0 Å². The molecular weight excluding hydrogens is 302 g/mol. The molecule has 5 heteroatoms. The number of aromatic amines is 1. The number of nitrogens with one attached hydrogen (secondary N) is 1. The van der Waals surface area contributed by atoms with Gasteiger partial charge in [0.1, 0.15) is 5.69 Å². The number of carbonyl (C=O) groups excluding carboxylic acids is 1. The summed E-state index contributed by atoms with van der Waals surface area (Å²) in [4.78, 5) is 21.7. The molecule has 1 aliphatic heterocycles. The standard InChI is InChI=1S/C19H23N3O2/c23-18(16-12-20-13-21-16)22-11-10-19(24,14-6-2-1-3-7-14)15-8-4-5-9-17(15)22/h1-3,6-7,12-13,15,17,24H,4-5,8-11H2,(H,20,21)/t15-,17+,19+/m0/s1. The maximum absolute atomic E-state index is 12.8. The van der Waals surface area contributed by atoms with E-state index in [-0.39, 0.29) is 17.9 Å². The molecule has 0 spiro atoms. The first kappa shape index (κ1) is 15.4. The van der Waals surface area contributed by atoms with Gasteiger partial charge in [0, 0.05) is 18.5 Å². The summed E-state index contributed by atoms with van der Waals surface area (Å²) in [5.41, 5.74) is 0.678. The van der Waals surface area contributed by atoms with Crippen molar-refractivity contribution in [2.45, 2.75) is 43.7 Å². The number of rotatable bonds is 2. The van der Waals surface area contributed by atoms with Gasteiger partial charge in [0.2, 0.25) is 0 Å². The van der Waals surface area contributed by atoms with Crippen LogP contribution >= 0.6 is 0 Å². The molecule has 1 amide bonds. The minimum Gasteiger partial charge on any atom is -0.385 e. The van der Waals surface area contributed by atoms with E-state index in [9.17, 15) is 9.90 Å². The number of nitrogens with zero attached hydrogens (tertiary/aromatic N) is 2. The van der Waals surface area contributed by atoms with E-state index in [1.54, 1.807) is 6.20 Å². The smallest absolute Gasteiger partial charge is 0.272 e. The van der Waals surface area contributed by atoms with E-state index in [0.29, 0.717) is 18.7 Å². The molecule has 3 atom stereocenters. The van der Waals surface area contributed by atoms with E-state index >= 15 is 0 Å². The highest BCUT2D eigenvalue weighted by molar-refractivity contribution is 5.92. The topological polar surface area (TPSA) is 69.2 Å². The number of aromatic nitrogens is 2. The molecule has 2 fully saturated rings. The van der Waals surface area contributed by atoms with Gasteiger partial charge in [-0.05, 0) is 24.8 Å². The lowest BCUT2D eigenvalue weighted by molar-refractivity contribution is -0.110. The second kappa shape index (κ2) is 6.06. The fourth-order valence-electron chi connectivity index (χ4n) is 4.55. The van der Waals surface area contributed by atoms with E-state index in [2.05, 4.69) is 9.97 Å². The van der Waals surface area contributed by atoms with Gasteiger partial charge >= 0.3 is 0 Å². The zero-order valence-electron chi connectivity index (χ0n) is 13.7. The number of H-pyrrole nitrogens is 1. The van der Waals surface area contributed by atoms with Gasteiger partial charge < -0.3 is 15.0 Å². The predicted molar refractivity (Wildman–Crippen MR) is 90.3 cm³/mol. The molecule has 1 aromatic heterocycles. The average molecular weight is 325 g/mol. The van der Waals surface area contributed by atoms with Crippen LogP contribution in [0.4, 0.5) is 0 Å². The Morgan fingerprint density at radius 3 is 2.79 bits per heavy atom. The largest absolute Gasteiger partial charge is 0.385 e. The number of hydrogen-bond donors (Lipinski definition) is 2. The first-order valence-corrected chi connectivity index (χ1v) is 8.77. The highest BCUT2D eigenvalue weighted by Crippen LogP contribution is 2.47. The summed E-state index contributed by atoms with van der Waals surface area (Å²) in [5.74, 6) is 0.0915. The molecule has 5 nitrogen and oxygen atoms in total. The van der Waals surface area contributed by atoms with Crippen molar-refractivity contribution in [3.63, 3.8) is 0 Å². The second-order valence-electron chi connectivity index (χ2n) is 6.96. The lowest BCUT2D eigenvalue weighted by Crippen LogP contribution is -2.59. The van der Waals surface area contributed by atoms with Gasteiger partial charge in [-0.25, -0.2) is 4.98 Å². The van der Waals surface area contributed by atoms with Gasteiger partial charge in [0.25, 0.3) is 5.91 Å². The Bertz CT molecular complexity index is 701. The Morgan fingerprint density at radius 1 is 1.25 bits per heavy atom. The highest BCUT2D eigenvalue weighted by atomic mass is 16.3. The third-order valence-electron chi connectivity index (χ3n) is 5.74. The second-order valence-corrected chi connectivity index (χ2v) is 6.96. The van der Waals surface area contributed by atoms with Crippen LogP contribution in [0.1, 0.15) is 48.2 Å². The number of hydrogen-bond acceptors (Lipinski definition) is 3. The molecule has 0 radical (unpaired) electrons. The Labute approximate surface area is 141 Å². The molecule has 1 saturated carbocycles. The van der Waals surface area contributed by atoms with Crippen LogP contribution < -0.4 is 0 Å². The van der Waals surface area contributed by atoms with Gasteiger partial charge in [0.15, 0.2) is 0 Å². The van der Waals surface area contributed by atoms with Crippen LogP contribution in [0.3, 0.4) is 0 Å². The zero-order chi connectivity index (χ0) is 16.6. The number of likely N-dealkylation sites (tertiary alicyclic amines) is 1. The quantitative estimate of drug-likeness (QED) is 0.892. The summed E-state index contributed by atoms with van der Waals surface area (Å²) >= 11 is 0. The first-order valence-electron chi connectivity index (χ1n) is 8.77. The maximum atomic E-state index is 12.8. The number of benzene rings is 1. The number of fused-ring (bicyclic) bond motifs is 1. The Hall–Kier alpha value is -2.14. The molecule has 2 aromatic rings. The van der Waals surface area contributed by atoms with Crippen molar-refractivity contribution in [2.24, 2.45) is 5.92 Å². The van der Waals surface area contributed by atoms with E-state index in [0.717, 1.165) is 31.2 Å². The van der Waals surface area contributed by atoms with Crippen molar-refractivity contribution < 1.29 is 9.90 Å². The summed E-state index contributed by atoms with van der Waals surface area (Å²) in [5, 5.41) is 11.5. The van der Waals surface area contributed by atoms with Crippen LogP contribution in [0.2, 0.25) is 0 Å². The summed E-state index contributed by atoms with van der Waals surface area (Å²) in [6.45, 7) is 0.574. The highest BCUT2D eigenvalue weighted by Gasteiger charge is 2.50. The van der Waals surface area contributed by atoms with Crippen LogP contribution in [-0.4, -0.2) is 38.5 Å². The molecule has 2 aliphatic rings. The number of amides is 1. The van der Waals surface area contributed by atoms with E-state index in [1.165, 1.54) is 6.33 Å². The fraction of sp³-hybridized carbons (Fsp3) is 0.474. The molecule has 24 heavy (non-hydrogen) atoms. The molecule has 0 unspecified atom stereocenters. The van der Waals surface area contributed by atoms with Gasteiger partial charge in [-0.3, -0.25) is 4.79 Å². The van der Waals surface area contributed by atoms with Crippen molar-refractivity contribution in [3.05, 3.63) is 54.1 Å². The number of imidazole rings is 1. The minimum absolute atomic E-state index is 0.000452. The monoisotopic (exact) mass is 325 g/mol. The normalized spacial score (nSPS) is 30.0. The van der Waals surface area contributed by atoms with Crippen molar-refractivity contribution in [1.82, 2.24) is 14.9 Å². The number of carbonyl (C=O) groups is 1. The Balaban J connectivity index is 1.66. The zero-order valence-corrected chi connectivity index (χ0v) is 13.7. The molecule has 126 valence electrons. The van der Waals surface area contributed by atoms with E-state index in [4.69, 9.17) is 0 Å². The predicted octanol–water partition coefficient (Wildman–Crippen LogP) is 2.70. The molecule has 0 bridgehead atoms. The van der Waals surface area contributed by atoms with Gasteiger partial charge in [-0.15, -0.1) is 0 Å². The van der Waals surface area contributed by atoms with Crippen LogP contribution in [0, 0.1) is 5.92 Å². The molecule has 2 N–H and O–H groups in total. The summed E-state index contributed by atoms with van der Waals surface area (Å²) in [7, 11) is 0. The SMILES string of the molecule is O=C(c1cnc[nH]1)N1CC[C@@](O)(c2ccccc2)[C@H]2CCCC[C@H]21. The van der Waals surface area contributed by atoms with E-state index < -0.39 is 5.60 Å². The number of aliphatic hydroxyl groups is 1. The Kier molecular flexibility index (Phi) is 3.88. The third kappa shape index (κ3) is 2.44. The van der Waals surface area contributed by atoms with Crippen LogP contribution in [-0.2, 0) is 5.60 Å². The Morgan fingerprint density at radius 2 is 2.04 bits per heavy atom. The molecule has 1 aromatic carbocycles. The van der Waals surface area contributed by atoms with Gasteiger partial charge in [0.05, 0.1) is 18.1 Å². The summed E-state index contributed by atoms with van der Waals surface area (Å²) in [6.07, 6.45) is 7.84. The maximum Gasteiger partial charge on any atom is 0.272 e. The van der Waals surface area contributed by atoms with Crippen LogP contribution in [0.25, 0.3) is 0 Å². The van der Waals surface area contributed by atoms with Gasteiger partial charge in [-0.1, -0.05) is 43.2 Å². The lowest BCUT2D eigenvalue weighted by atomic mass is 9.66. The average Bonchev–Trinajstić information content (AvgIpc) is 3.17. The van der Waals surface area contributed by atoms with Crippen molar-refractivity contribution in [1.29, 1.82) is 0 Å². The van der Waals surface area contributed by atoms with Gasteiger partial charge in [-0.2, -0.15) is 0 Å². The molecule has 4 rings (SSSR count). The van der Waals surface area contributed by atoms with Crippen molar-refractivity contribution in [3.8, 4) is 0 Å². The minimum atomic E-state index is -0.836. The van der Waals surface area contributed by atoms with Crippen molar-refractivity contribution in [2.75, 3.05) is 6.54 Å².